The number of benzene rings is 3. The molecule has 0 spiro atoms. The highest BCUT2D eigenvalue weighted by Crippen LogP contribution is 2.44. The molecule has 1 atom stereocenters. The van der Waals surface area contributed by atoms with Crippen LogP contribution in [-0.4, -0.2) is 74.9 Å². The highest BCUT2D eigenvalue weighted by atomic mass is 32.2. The minimum absolute atomic E-state index is 0.225. The molecule has 1 saturated heterocycles. The van der Waals surface area contributed by atoms with Crippen LogP contribution >= 0.6 is 0 Å². The summed E-state index contributed by atoms with van der Waals surface area (Å²) in [5.74, 6) is -0.402. The van der Waals surface area contributed by atoms with Crippen molar-refractivity contribution >= 4 is 16.0 Å². The van der Waals surface area contributed by atoms with Gasteiger partial charge in [-0.15, -0.1) is 0 Å². The Morgan fingerprint density at radius 2 is 1.50 bits per heavy atom. The Morgan fingerprint density at radius 3 is 2.08 bits per heavy atom. The second-order valence-corrected chi connectivity index (χ2v) is 14.2. The van der Waals surface area contributed by atoms with Gasteiger partial charge in [-0.3, -0.25) is 9.69 Å². The molecular formula is C39H46N4O4S. The Bertz CT molecular complexity index is 1720. The molecule has 0 radical (unpaired) electrons. The molecule has 3 aromatic rings. The van der Waals surface area contributed by atoms with E-state index >= 15 is 0 Å². The summed E-state index contributed by atoms with van der Waals surface area (Å²) in [6.07, 6.45) is 14.5. The highest BCUT2D eigenvalue weighted by Gasteiger charge is 2.41. The first-order valence-electron chi connectivity index (χ1n) is 16.4. The molecule has 48 heavy (non-hydrogen) atoms. The number of aryl methyl sites for hydroxylation is 1. The average molecular weight is 667 g/mol. The van der Waals surface area contributed by atoms with Gasteiger partial charge in [0.15, 0.2) is 0 Å². The second-order valence-electron chi connectivity index (χ2n) is 12.3. The van der Waals surface area contributed by atoms with E-state index in [1.165, 1.54) is 17.0 Å². The third kappa shape index (κ3) is 7.49. The standard InChI is InChI=1S/C39H46N4O4S/c1-31-21-23-36(24-22-31)48(45,46)43-27-25-42(26-28-43)37(38(44)47-3)29-35(40)30-41(2)39(33-17-11-7-12-18-33,34-19-13-8-14-20-34)32-15-9-5-4-6-10-16-32/h4-9,11-14,16-24,30,37H,10,15,25-29,40H2,1-3H3/b6-4-,9-5?,32-16+,35-30-. The van der Waals surface area contributed by atoms with Crippen LogP contribution in [0.25, 0.3) is 0 Å². The Labute approximate surface area is 285 Å². The monoisotopic (exact) mass is 666 g/mol. The Hall–Kier alpha value is -4.44. The van der Waals surface area contributed by atoms with E-state index in [0.717, 1.165) is 29.5 Å². The molecule has 1 fully saturated rings. The summed E-state index contributed by atoms with van der Waals surface area (Å²) in [5.41, 5.74) is 11.1. The van der Waals surface area contributed by atoms with Crippen LogP contribution in [0.15, 0.2) is 138 Å². The first kappa shape index (κ1) is 34.9. The van der Waals surface area contributed by atoms with E-state index in [1.807, 2.05) is 37.2 Å². The third-order valence-electron chi connectivity index (χ3n) is 9.23. The van der Waals surface area contributed by atoms with Crippen LogP contribution in [0.3, 0.4) is 0 Å². The van der Waals surface area contributed by atoms with Crippen LogP contribution in [0, 0.1) is 6.92 Å². The maximum Gasteiger partial charge on any atom is 0.323 e. The molecule has 2 N–H and O–H groups in total. The number of piperazine rings is 1. The largest absolute Gasteiger partial charge is 0.468 e. The molecule has 2 aliphatic rings. The van der Waals surface area contributed by atoms with Crippen LogP contribution in [0.2, 0.25) is 0 Å². The van der Waals surface area contributed by atoms with Gasteiger partial charge in [-0.05, 0) is 48.6 Å². The fourth-order valence-electron chi connectivity index (χ4n) is 6.78. The molecule has 0 aromatic heterocycles. The molecule has 0 amide bonds. The molecule has 5 rings (SSSR count). The van der Waals surface area contributed by atoms with E-state index < -0.39 is 27.6 Å². The molecule has 0 saturated carbocycles. The zero-order valence-corrected chi connectivity index (χ0v) is 28.9. The number of methoxy groups -OCH3 is 1. The molecule has 3 aromatic carbocycles. The Morgan fingerprint density at radius 1 is 0.917 bits per heavy atom. The van der Waals surface area contributed by atoms with Crippen molar-refractivity contribution in [3.8, 4) is 0 Å². The zero-order valence-electron chi connectivity index (χ0n) is 28.0. The van der Waals surface area contributed by atoms with Crippen molar-refractivity contribution in [2.75, 3.05) is 40.3 Å². The summed E-state index contributed by atoms with van der Waals surface area (Å²) < 4.78 is 33.4. The fraction of sp³-hybridized carbons (Fsp3) is 0.308. The SMILES string of the molecule is COC(=O)C(C/C(N)=C/N(C)C(/C1=C/C/C=C\C=CC1)(c1ccccc1)c1ccccc1)N1CCN(S(=O)(=O)c2ccc(C)cc2)CC1. The number of esters is 1. The van der Waals surface area contributed by atoms with E-state index in [0.29, 0.717) is 18.8 Å². The first-order chi connectivity index (χ1) is 23.2. The number of likely N-dealkylation sites (N-methyl/N-ethyl adjacent to an activating group) is 1. The number of allylic oxidation sites excluding steroid dienone is 5. The van der Waals surface area contributed by atoms with Crippen molar-refractivity contribution in [1.82, 2.24) is 14.1 Å². The summed E-state index contributed by atoms with van der Waals surface area (Å²) in [6, 6.07) is 27.1. The molecule has 1 aliphatic carbocycles. The highest BCUT2D eigenvalue weighted by molar-refractivity contribution is 7.89. The molecular weight excluding hydrogens is 621 g/mol. The van der Waals surface area contributed by atoms with E-state index in [2.05, 4.69) is 83.8 Å². The number of nitrogens with two attached hydrogens (primary N) is 1. The molecule has 8 nitrogen and oxygen atoms in total. The number of nitrogens with zero attached hydrogens (tertiary/aromatic N) is 3. The van der Waals surface area contributed by atoms with Gasteiger partial charge in [0.1, 0.15) is 11.6 Å². The van der Waals surface area contributed by atoms with Crippen LogP contribution in [0.5, 0.6) is 0 Å². The number of carbonyl (C=O) groups is 1. The van der Waals surface area contributed by atoms with Crippen molar-refractivity contribution in [3.63, 3.8) is 0 Å². The predicted octanol–water partition coefficient (Wildman–Crippen LogP) is 5.74. The van der Waals surface area contributed by atoms with Gasteiger partial charge in [0.05, 0.1) is 12.0 Å². The van der Waals surface area contributed by atoms with E-state index in [4.69, 9.17) is 10.5 Å². The van der Waals surface area contributed by atoms with Gasteiger partial charge in [-0.1, -0.05) is 109 Å². The molecule has 0 bridgehead atoms. The smallest absolute Gasteiger partial charge is 0.323 e. The number of hydrogen-bond donors (Lipinski definition) is 1. The molecule has 1 unspecified atom stereocenters. The normalized spacial score (nSPS) is 19.0. The number of ether oxygens (including phenoxy) is 1. The minimum Gasteiger partial charge on any atom is -0.468 e. The lowest BCUT2D eigenvalue weighted by Crippen LogP contribution is -2.54. The summed E-state index contributed by atoms with van der Waals surface area (Å²) in [6.45, 7) is 3.19. The van der Waals surface area contributed by atoms with Crippen LogP contribution < -0.4 is 5.73 Å². The quantitative estimate of drug-likeness (QED) is 0.206. The summed E-state index contributed by atoms with van der Waals surface area (Å²) in [7, 11) is -0.235. The Balaban J connectivity index is 1.44. The zero-order chi connectivity index (χ0) is 34.1. The number of rotatable bonds is 11. The molecule has 1 aliphatic heterocycles. The van der Waals surface area contributed by atoms with E-state index in [1.54, 1.807) is 24.3 Å². The average Bonchev–Trinajstić information content (AvgIpc) is 3.09. The van der Waals surface area contributed by atoms with Gasteiger partial charge in [-0.2, -0.15) is 4.31 Å². The first-order valence-corrected chi connectivity index (χ1v) is 17.8. The van der Waals surface area contributed by atoms with Gasteiger partial charge in [0.25, 0.3) is 0 Å². The molecule has 1 heterocycles. The van der Waals surface area contributed by atoms with Crippen molar-refractivity contribution in [2.45, 2.75) is 42.7 Å². The summed E-state index contributed by atoms with van der Waals surface area (Å²) >= 11 is 0. The lowest BCUT2D eigenvalue weighted by Gasteiger charge is -2.45. The number of carbonyl (C=O) groups excluding carboxylic acids is 1. The van der Waals surface area contributed by atoms with Gasteiger partial charge in [0, 0.05) is 51.5 Å². The molecule has 252 valence electrons. The van der Waals surface area contributed by atoms with Crippen LogP contribution in [0.4, 0.5) is 0 Å². The fourth-order valence-corrected chi connectivity index (χ4v) is 8.21. The van der Waals surface area contributed by atoms with Crippen molar-refractivity contribution < 1.29 is 17.9 Å². The van der Waals surface area contributed by atoms with Gasteiger partial charge in [0.2, 0.25) is 10.0 Å². The van der Waals surface area contributed by atoms with Crippen LogP contribution in [-0.2, 0) is 25.1 Å². The van der Waals surface area contributed by atoms with Crippen molar-refractivity contribution in [1.29, 1.82) is 0 Å². The Kier molecular flexibility index (Phi) is 11.4. The maximum atomic E-state index is 13.3. The minimum atomic E-state index is -3.64. The van der Waals surface area contributed by atoms with E-state index in [-0.39, 0.29) is 24.4 Å². The number of sulfonamides is 1. The third-order valence-corrected chi connectivity index (χ3v) is 11.1. The van der Waals surface area contributed by atoms with Gasteiger partial charge < -0.3 is 15.4 Å². The second kappa shape index (κ2) is 15.6. The topological polar surface area (TPSA) is 96.2 Å². The number of hydrogen-bond acceptors (Lipinski definition) is 7. The predicted molar refractivity (Wildman–Crippen MR) is 191 cm³/mol. The lowest BCUT2D eigenvalue weighted by atomic mass is 9.73. The lowest BCUT2D eigenvalue weighted by molar-refractivity contribution is -0.147. The maximum absolute atomic E-state index is 13.3. The van der Waals surface area contributed by atoms with Crippen LogP contribution in [0.1, 0.15) is 36.0 Å². The van der Waals surface area contributed by atoms with Gasteiger partial charge in [-0.25, -0.2) is 8.42 Å². The van der Waals surface area contributed by atoms with E-state index in [9.17, 15) is 13.2 Å². The van der Waals surface area contributed by atoms with Crippen molar-refractivity contribution in [3.05, 3.63) is 149 Å². The summed E-state index contributed by atoms with van der Waals surface area (Å²) in [5, 5.41) is 0. The summed E-state index contributed by atoms with van der Waals surface area (Å²) in [4.78, 5) is 17.6. The molecule has 9 heteroatoms. The van der Waals surface area contributed by atoms with Crippen molar-refractivity contribution in [2.24, 2.45) is 5.73 Å². The van der Waals surface area contributed by atoms with Gasteiger partial charge >= 0.3 is 5.97 Å².